The highest BCUT2D eigenvalue weighted by molar-refractivity contribution is 5.96. The number of carbonyl (C=O) groups is 6. The minimum atomic E-state index is -1.09. The first-order valence-corrected chi connectivity index (χ1v) is 15.9. The maximum Gasteiger partial charge on any atom is 0.243 e. The van der Waals surface area contributed by atoms with Gasteiger partial charge in [0.25, 0.3) is 0 Å². The molecular formula is C29H57N11O6. The van der Waals surface area contributed by atoms with Crippen molar-refractivity contribution in [2.75, 3.05) is 19.6 Å². The molecule has 0 radical (unpaired) electrons. The van der Waals surface area contributed by atoms with Gasteiger partial charge in [-0.15, -0.1) is 0 Å². The predicted octanol–water partition coefficient (Wildman–Crippen LogP) is -2.71. The molecule has 0 spiro atoms. The number of carbonyl (C=O) groups excluding carboxylic acids is 6. The fourth-order valence-electron chi connectivity index (χ4n) is 4.48. The second-order valence-corrected chi connectivity index (χ2v) is 11.7. The zero-order valence-corrected chi connectivity index (χ0v) is 27.7. The lowest BCUT2D eigenvalue weighted by Gasteiger charge is -2.26. The number of aliphatic imine (C=N–C) groups is 1. The quantitative estimate of drug-likeness (QED) is 0.0291. The Morgan fingerprint density at radius 1 is 0.587 bits per heavy atom. The highest BCUT2D eigenvalue weighted by Gasteiger charge is 2.30. The summed E-state index contributed by atoms with van der Waals surface area (Å²) >= 11 is 0. The Labute approximate surface area is 271 Å². The summed E-state index contributed by atoms with van der Waals surface area (Å²) in [4.78, 5) is 80.2. The third-order valence-corrected chi connectivity index (χ3v) is 6.92. The Kier molecular flexibility index (Phi) is 21.3. The fraction of sp³-hybridized carbons (Fsp3) is 0.759. The fourth-order valence-corrected chi connectivity index (χ4v) is 4.48. The van der Waals surface area contributed by atoms with Crippen LogP contribution >= 0.6 is 0 Å². The van der Waals surface area contributed by atoms with Crippen LogP contribution < -0.4 is 55.3 Å². The first kappa shape index (κ1) is 42.0. The normalized spacial score (nSPS) is 14.2. The summed E-state index contributed by atoms with van der Waals surface area (Å²) < 4.78 is 0. The van der Waals surface area contributed by atoms with E-state index in [4.69, 9.17) is 28.7 Å². The monoisotopic (exact) mass is 655 g/mol. The van der Waals surface area contributed by atoms with E-state index >= 15 is 0 Å². The highest BCUT2D eigenvalue weighted by Crippen LogP contribution is 2.09. The summed E-state index contributed by atoms with van der Waals surface area (Å²) in [6.45, 7) is 7.50. The van der Waals surface area contributed by atoms with E-state index in [1.807, 2.05) is 13.8 Å². The zero-order valence-electron chi connectivity index (χ0n) is 27.7. The molecule has 0 aromatic heterocycles. The van der Waals surface area contributed by atoms with Crippen molar-refractivity contribution >= 4 is 41.4 Å². The van der Waals surface area contributed by atoms with Gasteiger partial charge in [-0.25, -0.2) is 0 Å². The van der Waals surface area contributed by atoms with Gasteiger partial charge in [0.05, 0.1) is 0 Å². The molecule has 15 N–H and O–H groups in total. The topological polar surface area (TPSA) is 305 Å². The number of amides is 6. The first-order chi connectivity index (χ1) is 21.6. The Balaban J connectivity index is 5.62. The van der Waals surface area contributed by atoms with Crippen molar-refractivity contribution in [3.8, 4) is 0 Å². The molecule has 0 aliphatic rings. The molecule has 0 aliphatic heterocycles. The lowest BCUT2D eigenvalue weighted by Crippen LogP contribution is -2.58. The van der Waals surface area contributed by atoms with Crippen LogP contribution in [0.4, 0.5) is 0 Å². The van der Waals surface area contributed by atoms with Crippen molar-refractivity contribution in [1.82, 2.24) is 26.6 Å². The zero-order chi connectivity index (χ0) is 35.2. The third-order valence-electron chi connectivity index (χ3n) is 6.92. The van der Waals surface area contributed by atoms with E-state index in [1.54, 1.807) is 0 Å². The van der Waals surface area contributed by atoms with Crippen LogP contribution in [0.2, 0.25) is 0 Å². The Morgan fingerprint density at radius 3 is 1.54 bits per heavy atom. The number of nitrogens with zero attached hydrogens (tertiary/aromatic N) is 1. The standard InChI is InChI=1S/C29H57N11O6/c1-17(2)16-23(28(46)38-20(24(32)42)10-5-7-13-30)40-25(43)18(3)36-26(44)22(11-6-8-14-31)39-27(45)21(37-19(4)41)12-9-15-35-29(33)34/h17-18,20-23H,5-16,30-31H2,1-4H3,(H2,32,42)(H,36,44)(H,37,41)(H,38,46)(H,39,45)(H,40,43)(H4,33,34,35)/t18-,20-,21?,22?,23-/m0/s1. The summed E-state index contributed by atoms with van der Waals surface area (Å²) in [5.41, 5.74) is 27.3. The second kappa shape index (κ2) is 23.4. The average molecular weight is 656 g/mol. The minimum Gasteiger partial charge on any atom is -0.370 e. The molecule has 2 unspecified atom stereocenters. The van der Waals surface area contributed by atoms with Gasteiger partial charge in [-0.05, 0) is 83.7 Å². The van der Waals surface area contributed by atoms with E-state index in [0.29, 0.717) is 51.6 Å². The Bertz CT molecular complexity index is 1020. The Hall–Kier alpha value is -3.99. The summed E-state index contributed by atoms with van der Waals surface area (Å²) in [7, 11) is 0. The van der Waals surface area contributed by atoms with Gasteiger partial charge in [-0.1, -0.05) is 13.8 Å². The highest BCUT2D eigenvalue weighted by atomic mass is 16.2. The molecule has 264 valence electrons. The molecule has 46 heavy (non-hydrogen) atoms. The van der Waals surface area contributed by atoms with Gasteiger partial charge in [0.15, 0.2) is 5.96 Å². The van der Waals surface area contributed by atoms with Crippen molar-refractivity contribution < 1.29 is 28.8 Å². The number of rotatable bonds is 24. The molecule has 0 aromatic rings. The summed E-state index contributed by atoms with van der Waals surface area (Å²) in [6.07, 6.45) is 3.73. The molecule has 0 bridgehead atoms. The molecule has 0 heterocycles. The van der Waals surface area contributed by atoms with Crippen LogP contribution in [0.1, 0.15) is 85.5 Å². The second-order valence-electron chi connectivity index (χ2n) is 11.7. The summed E-state index contributed by atoms with van der Waals surface area (Å²) in [5, 5.41) is 13.1. The van der Waals surface area contributed by atoms with Gasteiger partial charge in [-0.3, -0.25) is 33.8 Å². The molecule has 0 saturated carbocycles. The number of hydrogen-bond acceptors (Lipinski definition) is 9. The van der Waals surface area contributed by atoms with Crippen molar-refractivity contribution in [1.29, 1.82) is 0 Å². The van der Waals surface area contributed by atoms with Gasteiger partial charge in [0.1, 0.15) is 30.2 Å². The average Bonchev–Trinajstić information content (AvgIpc) is 2.96. The molecule has 5 atom stereocenters. The van der Waals surface area contributed by atoms with Crippen LogP contribution in [0.5, 0.6) is 0 Å². The van der Waals surface area contributed by atoms with Gasteiger partial charge < -0.3 is 55.3 Å². The maximum absolute atomic E-state index is 13.3. The molecule has 0 rings (SSSR count). The molecule has 17 nitrogen and oxygen atoms in total. The van der Waals surface area contributed by atoms with Crippen LogP contribution in [-0.2, 0) is 28.8 Å². The molecule has 6 amide bonds. The van der Waals surface area contributed by atoms with E-state index in [0.717, 1.165) is 0 Å². The van der Waals surface area contributed by atoms with Crippen molar-refractivity contribution in [3.63, 3.8) is 0 Å². The lowest BCUT2D eigenvalue weighted by molar-refractivity contribution is -0.135. The minimum absolute atomic E-state index is 0.00313. The molecular weight excluding hydrogens is 598 g/mol. The van der Waals surface area contributed by atoms with Crippen LogP contribution in [0, 0.1) is 5.92 Å². The van der Waals surface area contributed by atoms with Gasteiger partial charge in [0, 0.05) is 13.5 Å². The smallest absolute Gasteiger partial charge is 0.243 e. The van der Waals surface area contributed by atoms with Crippen LogP contribution in [0.25, 0.3) is 0 Å². The lowest BCUT2D eigenvalue weighted by atomic mass is 10.0. The van der Waals surface area contributed by atoms with Crippen molar-refractivity contribution in [3.05, 3.63) is 0 Å². The molecule has 0 aromatic carbocycles. The van der Waals surface area contributed by atoms with Crippen LogP contribution in [0.15, 0.2) is 4.99 Å². The number of primary amides is 1. The van der Waals surface area contributed by atoms with Crippen molar-refractivity contribution in [2.24, 2.45) is 39.6 Å². The van der Waals surface area contributed by atoms with E-state index in [1.165, 1.54) is 13.8 Å². The van der Waals surface area contributed by atoms with Gasteiger partial charge in [0.2, 0.25) is 35.4 Å². The molecule has 17 heteroatoms. The largest absolute Gasteiger partial charge is 0.370 e. The number of nitrogens with one attached hydrogen (secondary N) is 5. The summed E-state index contributed by atoms with van der Waals surface area (Å²) in [5.74, 6) is -3.67. The van der Waals surface area contributed by atoms with E-state index in [2.05, 4.69) is 31.6 Å². The third kappa shape index (κ3) is 18.7. The Morgan fingerprint density at radius 2 is 1.04 bits per heavy atom. The van der Waals surface area contributed by atoms with E-state index in [9.17, 15) is 28.8 Å². The number of nitrogens with two attached hydrogens (primary N) is 5. The number of hydrogen-bond donors (Lipinski definition) is 10. The number of guanidine groups is 1. The van der Waals surface area contributed by atoms with Crippen LogP contribution in [0.3, 0.4) is 0 Å². The molecule has 0 fully saturated rings. The molecule has 0 aliphatic carbocycles. The van der Waals surface area contributed by atoms with Crippen LogP contribution in [-0.4, -0.2) is 91.2 Å². The number of unbranched alkanes of at least 4 members (excludes halogenated alkanes) is 2. The predicted molar refractivity (Wildman–Crippen MR) is 175 cm³/mol. The van der Waals surface area contributed by atoms with Gasteiger partial charge >= 0.3 is 0 Å². The SMILES string of the molecule is CC(=O)NC(CCCN=C(N)N)C(=O)NC(CCCCN)C(=O)N[C@@H](C)C(=O)N[C@@H](CC(C)C)C(=O)N[C@@H](CCCCN)C(N)=O. The first-order valence-electron chi connectivity index (χ1n) is 15.9. The molecule has 0 saturated heterocycles. The van der Waals surface area contributed by atoms with Gasteiger partial charge in [-0.2, -0.15) is 0 Å². The van der Waals surface area contributed by atoms with E-state index in [-0.39, 0.29) is 37.7 Å². The maximum atomic E-state index is 13.3. The summed E-state index contributed by atoms with van der Waals surface area (Å²) in [6, 6.07) is -5.00. The van der Waals surface area contributed by atoms with Crippen molar-refractivity contribution in [2.45, 2.75) is 116 Å². The van der Waals surface area contributed by atoms with E-state index < -0.39 is 65.7 Å².